The summed E-state index contributed by atoms with van der Waals surface area (Å²) in [6.45, 7) is 0.500. The topological polar surface area (TPSA) is 127 Å². The van der Waals surface area contributed by atoms with Gasteiger partial charge in [-0.3, -0.25) is 4.99 Å². The minimum atomic E-state index is -3.83. The highest BCUT2D eigenvalue weighted by atomic mass is 32.2. The molecule has 0 radical (unpaired) electrons. The van der Waals surface area contributed by atoms with Crippen LogP contribution in [0.1, 0.15) is 11.4 Å². The van der Waals surface area contributed by atoms with Gasteiger partial charge in [0.05, 0.1) is 19.2 Å². The number of thiazole rings is 1. The molecule has 1 aromatic heterocycles. The summed E-state index contributed by atoms with van der Waals surface area (Å²) < 4.78 is 29.7. The van der Waals surface area contributed by atoms with Gasteiger partial charge in [-0.05, 0) is 0 Å². The van der Waals surface area contributed by atoms with Crippen LogP contribution in [0.25, 0.3) is 0 Å². The van der Waals surface area contributed by atoms with E-state index in [1.807, 2.05) is 5.38 Å². The van der Waals surface area contributed by atoms with Gasteiger partial charge in [-0.2, -0.15) is 13.1 Å². The Labute approximate surface area is 137 Å². The molecule has 1 unspecified atom stereocenters. The van der Waals surface area contributed by atoms with E-state index in [0.717, 1.165) is 0 Å². The molecule has 1 atom stereocenters. The summed E-state index contributed by atoms with van der Waals surface area (Å²) in [4.78, 5) is 22.4. The summed E-state index contributed by atoms with van der Waals surface area (Å²) in [5.74, 6) is 0.157. The Kier molecular flexibility index (Phi) is 4.19. The molecule has 23 heavy (non-hydrogen) atoms. The fourth-order valence-electron chi connectivity index (χ4n) is 2.70. The Hall–Kier alpha value is -1.82. The van der Waals surface area contributed by atoms with Gasteiger partial charge in [0.1, 0.15) is 0 Å². The van der Waals surface area contributed by atoms with Gasteiger partial charge in [0.2, 0.25) is 0 Å². The van der Waals surface area contributed by atoms with E-state index >= 15 is 0 Å². The van der Waals surface area contributed by atoms with Gasteiger partial charge in [0.15, 0.2) is 10.8 Å². The monoisotopic (exact) mass is 357 g/mol. The standard InChI is InChI=1S/C12H15N5O4S2/c1-21-12(18)8-5-15-10(11-14-2-3-22-11)17-6-7(4-9(8)17)16-23(13,19)20/h2-3,7,16H,4-6H2,1H3,(H2,13,19,20). The first-order valence-corrected chi connectivity index (χ1v) is 9.14. The molecule has 0 bridgehead atoms. The molecular weight excluding hydrogens is 342 g/mol. The van der Waals surface area contributed by atoms with Crippen LogP contribution >= 0.6 is 11.3 Å². The molecule has 0 spiro atoms. The number of rotatable bonds is 4. The Bertz CT molecular complexity index is 784. The summed E-state index contributed by atoms with van der Waals surface area (Å²) in [7, 11) is -2.53. The van der Waals surface area contributed by atoms with Crippen LogP contribution in [0, 0.1) is 0 Å². The normalized spacial score (nSPS) is 21.2. The number of aliphatic imine (C=N–C) groups is 1. The Morgan fingerprint density at radius 2 is 2.35 bits per heavy atom. The molecule has 2 aliphatic rings. The van der Waals surface area contributed by atoms with Crippen molar-refractivity contribution in [2.24, 2.45) is 10.1 Å². The van der Waals surface area contributed by atoms with Crippen molar-refractivity contribution in [3.05, 3.63) is 27.9 Å². The van der Waals surface area contributed by atoms with E-state index in [4.69, 9.17) is 9.88 Å². The van der Waals surface area contributed by atoms with E-state index in [2.05, 4.69) is 14.7 Å². The van der Waals surface area contributed by atoms with E-state index in [-0.39, 0.29) is 6.54 Å². The lowest BCUT2D eigenvalue weighted by atomic mass is 10.1. The van der Waals surface area contributed by atoms with Crippen LogP contribution in [0.5, 0.6) is 0 Å². The molecule has 0 saturated carbocycles. The number of carbonyl (C=O) groups is 1. The first-order chi connectivity index (χ1) is 10.9. The fourth-order valence-corrected chi connectivity index (χ4v) is 3.98. The Morgan fingerprint density at radius 3 is 2.96 bits per heavy atom. The van der Waals surface area contributed by atoms with Gasteiger partial charge in [-0.1, -0.05) is 0 Å². The molecule has 0 aromatic carbocycles. The van der Waals surface area contributed by atoms with Crippen LogP contribution < -0.4 is 9.86 Å². The lowest BCUT2D eigenvalue weighted by Gasteiger charge is -2.26. The molecule has 1 saturated heterocycles. The van der Waals surface area contributed by atoms with Crippen LogP contribution in [0.2, 0.25) is 0 Å². The number of nitrogens with zero attached hydrogens (tertiary/aromatic N) is 3. The number of hydrogen-bond donors (Lipinski definition) is 2. The van der Waals surface area contributed by atoms with Crippen LogP contribution in [0.4, 0.5) is 0 Å². The zero-order valence-electron chi connectivity index (χ0n) is 12.2. The van der Waals surface area contributed by atoms with Crippen molar-refractivity contribution >= 4 is 33.4 Å². The predicted octanol–water partition coefficient (Wildman–Crippen LogP) is -0.802. The fraction of sp³-hybridized carbons (Fsp3) is 0.417. The average molecular weight is 357 g/mol. The average Bonchev–Trinajstić information content (AvgIpc) is 3.12. The first-order valence-electron chi connectivity index (χ1n) is 6.71. The minimum absolute atomic E-state index is 0.176. The number of hydrogen-bond acceptors (Lipinski definition) is 8. The maximum absolute atomic E-state index is 11.9. The molecule has 11 heteroatoms. The van der Waals surface area contributed by atoms with Gasteiger partial charge in [-0.15, -0.1) is 11.3 Å². The SMILES string of the molecule is COC(=O)C1=C2CC(NS(N)(=O)=O)CN2C(c2nccs2)=NC1. The second kappa shape index (κ2) is 6.00. The number of nitrogens with two attached hydrogens (primary N) is 1. The maximum atomic E-state index is 11.9. The largest absolute Gasteiger partial charge is 0.466 e. The highest BCUT2D eigenvalue weighted by Crippen LogP contribution is 2.31. The smallest absolute Gasteiger partial charge is 0.337 e. The molecule has 1 fully saturated rings. The second-order valence-corrected chi connectivity index (χ2v) is 7.29. The van der Waals surface area contributed by atoms with Crippen molar-refractivity contribution in [2.45, 2.75) is 12.5 Å². The lowest BCUT2D eigenvalue weighted by molar-refractivity contribution is -0.136. The summed E-state index contributed by atoms with van der Waals surface area (Å²) in [6, 6.07) is -0.442. The quantitative estimate of drug-likeness (QED) is 0.679. The molecular formula is C12H15N5O4S2. The molecule has 3 rings (SSSR count). The number of methoxy groups -OCH3 is 1. The first kappa shape index (κ1) is 16.1. The molecule has 2 aliphatic heterocycles. The van der Waals surface area contributed by atoms with Gasteiger partial charge in [0, 0.05) is 36.3 Å². The van der Waals surface area contributed by atoms with Crippen molar-refractivity contribution in [1.29, 1.82) is 0 Å². The van der Waals surface area contributed by atoms with Crippen molar-refractivity contribution in [3.63, 3.8) is 0 Å². The van der Waals surface area contributed by atoms with E-state index in [9.17, 15) is 13.2 Å². The summed E-state index contributed by atoms with van der Waals surface area (Å²) in [6.07, 6.45) is 2.00. The van der Waals surface area contributed by atoms with Gasteiger partial charge in [0.25, 0.3) is 10.2 Å². The zero-order chi connectivity index (χ0) is 16.6. The summed E-state index contributed by atoms with van der Waals surface area (Å²) in [5.41, 5.74) is 1.12. The second-order valence-electron chi connectivity index (χ2n) is 5.07. The molecule has 3 N–H and O–H groups in total. The number of amidine groups is 1. The minimum Gasteiger partial charge on any atom is -0.466 e. The number of esters is 1. The predicted molar refractivity (Wildman–Crippen MR) is 83.9 cm³/mol. The highest BCUT2D eigenvalue weighted by Gasteiger charge is 2.38. The van der Waals surface area contributed by atoms with E-state index < -0.39 is 22.2 Å². The van der Waals surface area contributed by atoms with E-state index in [1.54, 1.807) is 11.1 Å². The van der Waals surface area contributed by atoms with E-state index in [1.165, 1.54) is 18.4 Å². The Morgan fingerprint density at radius 1 is 1.57 bits per heavy atom. The van der Waals surface area contributed by atoms with Crippen molar-refractivity contribution < 1.29 is 17.9 Å². The van der Waals surface area contributed by atoms with E-state index in [0.29, 0.717) is 35.1 Å². The van der Waals surface area contributed by atoms with Crippen LogP contribution in [-0.4, -0.2) is 56.3 Å². The van der Waals surface area contributed by atoms with Crippen molar-refractivity contribution in [2.75, 3.05) is 20.2 Å². The number of ether oxygens (including phenoxy) is 1. The van der Waals surface area contributed by atoms with Crippen LogP contribution in [0.3, 0.4) is 0 Å². The summed E-state index contributed by atoms with van der Waals surface area (Å²) in [5, 5.41) is 7.59. The third-order valence-electron chi connectivity index (χ3n) is 3.55. The third kappa shape index (κ3) is 3.27. The maximum Gasteiger partial charge on any atom is 0.337 e. The number of nitrogens with one attached hydrogen (secondary N) is 1. The molecule has 1 aromatic rings. The Balaban J connectivity index is 1.95. The van der Waals surface area contributed by atoms with Crippen LogP contribution in [-0.2, 0) is 19.7 Å². The molecule has 0 amide bonds. The van der Waals surface area contributed by atoms with Gasteiger partial charge >= 0.3 is 5.97 Å². The van der Waals surface area contributed by atoms with Crippen molar-refractivity contribution in [1.82, 2.24) is 14.6 Å². The molecule has 124 valence electrons. The number of fused-ring (bicyclic) bond motifs is 1. The molecule has 9 nitrogen and oxygen atoms in total. The van der Waals surface area contributed by atoms with Crippen molar-refractivity contribution in [3.8, 4) is 0 Å². The van der Waals surface area contributed by atoms with Crippen LogP contribution in [0.15, 0.2) is 27.8 Å². The van der Waals surface area contributed by atoms with Gasteiger partial charge in [-0.25, -0.2) is 14.9 Å². The molecule has 3 heterocycles. The van der Waals surface area contributed by atoms with Gasteiger partial charge < -0.3 is 9.64 Å². The summed E-state index contributed by atoms with van der Waals surface area (Å²) >= 11 is 1.42. The number of aromatic nitrogens is 1. The lowest BCUT2D eigenvalue weighted by Crippen LogP contribution is -2.42. The highest BCUT2D eigenvalue weighted by molar-refractivity contribution is 7.87. The number of carbonyl (C=O) groups excluding carboxylic acids is 1. The molecule has 0 aliphatic carbocycles. The third-order valence-corrected chi connectivity index (χ3v) is 4.98. The zero-order valence-corrected chi connectivity index (χ0v) is 13.9.